The Morgan fingerprint density at radius 2 is 2.15 bits per heavy atom. The van der Waals surface area contributed by atoms with Crippen LogP contribution >= 0.6 is 11.8 Å². The van der Waals surface area contributed by atoms with Gasteiger partial charge in [0.1, 0.15) is 0 Å². The van der Waals surface area contributed by atoms with Crippen LogP contribution in [0.1, 0.15) is 12.5 Å². The summed E-state index contributed by atoms with van der Waals surface area (Å²) in [5.41, 5.74) is 4.10. The molecule has 0 fully saturated rings. The van der Waals surface area contributed by atoms with Crippen molar-refractivity contribution in [2.24, 2.45) is 5.10 Å². The van der Waals surface area contributed by atoms with Gasteiger partial charge in [0.15, 0.2) is 11.5 Å². The largest absolute Gasteiger partial charge is 0.504 e. The lowest BCUT2D eigenvalue weighted by atomic mass is 10.2. The fourth-order valence-corrected chi connectivity index (χ4v) is 3.26. The Bertz CT molecular complexity index is 970. The SMILES string of the molecule is CCOc1cc(/C=N\NC(=O)CSc2cccc3cccnc23)ccc1O. The number of aromatic nitrogens is 1. The van der Waals surface area contributed by atoms with Crippen LogP contribution in [0.25, 0.3) is 10.9 Å². The number of hydrazone groups is 1. The van der Waals surface area contributed by atoms with Crippen LogP contribution in [0.15, 0.2) is 64.7 Å². The fourth-order valence-electron chi connectivity index (χ4n) is 2.43. The second kappa shape index (κ2) is 9.05. The molecule has 0 saturated carbocycles. The molecule has 1 aromatic heterocycles. The van der Waals surface area contributed by atoms with Crippen molar-refractivity contribution in [1.82, 2.24) is 10.4 Å². The third kappa shape index (κ3) is 4.98. The van der Waals surface area contributed by atoms with Crippen LogP contribution in [0.3, 0.4) is 0 Å². The number of thioether (sulfide) groups is 1. The van der Waals surface area contributed by atoms with E-state index >= 15 is 0 Å². The molecule has 3 aromatic rings. The van der Waals surface area contributed by atoms with E-state index in [-0.39, 0.29) is 17.4 Å². The van der Waals surface area contributed by atoms with Gasteiger partial charge in [-0.15, -0.1) is 11.8 Å². The molecule has 2 aromatic carbocycles. The highest BCUT2D eigenvalue weighted by molar-refractivity contribution is 8.00. The van der Waals surface area contributed by atoms with E-state index in [1.54, 1.807) is 18.3 Å². The highest BCUT2D eigenvalue weighted by Gasteiger charge is 2.06. The van der Waals surface area contributed by atoms with Crippen molar-refractivity contribution >= 4 is 34.8 Å². The lowest BCUT2D eigenvalue weighted by Crippen LogP contribution is -2.19. The number of aromatic hydroxyl groups is 1. The number of nitrogens with one attached hydrogen (secondary N) is 1. The van der Waals surface area contributed by atoms with Crippen molar-refractivity contribution in [1.29, 1.82) is 0 Å². The summed E-state index contributed by atoms with van der Waals surface area (Å²) in [7, 11) is 0. The molecular formula is C20H19N3O3S. The Morgan fingerprint density at radius 1 is 1.30 bits per heavy atom. The lowest BCUT2D eigenvalue weighted by Gasteiger charge is -2.06. The molecule has 27 heavy (non-hydrogen) atoms. The predicted octanol–water partition coefficient (Wildman–Crippen LogP) is 3.58. The molecule has 7 heteroatoms. The Hall–Kier alpha value is -3.06. The summed E-state index contributed by atoms with van der Waals surface area (Å²) in [6.07, 6.45) is 3.24. The zero-order valence-electron chi connectivity index (χ0n) is 14.8. The maximum atomic E-state index is 12.0. The van der Waals surface area contributed by atoms with Crippen LogP contribution in [-0.4, -0.2) is 34.6 Å². The first-order valence-electron chi connectivity index (χ1n) is 8.41. The maximum absolute atomic E-state index is 12.0. The number of amides is 1. The smallest absolute Gasteiger partial charge is 0.250 e. The standard InChI is InChI=1S/C20H19N3O3S/c1-2-26-17-11-14(8-9-16(17)24)12-22-23-19(25)13-27-18-7-3-5-15-6-4-10-21-20(15)18/h3-12,24H,2,13H2,1H3,(H,23,25)/b22-12-. The number of carbonyl (C=O) groups is 1. The molecule has 0 spiro atoms. The summed E-state index contributed by atoms with van der Waals surface area (Å²) in [5.74, 6) is 0.463. The Kier molecular flexibility index (Phi) is 6.27. The van der Waals surface area contributed by atoms with Gasteiger partial charge < -0.3 is 9.84 Å². The highest BCUT2D eigenvalue weighted by atomic mass is 32.2. The lowest BCUT2D eigenvalue weighted by molar-refractivity contribution is -0.118. The summed E-state index contributed by atoms with van der Waals surface area (Å²) in [6.45, 7) is 2.29. The molecule has 0 aliphatic heterocycles. The normalized spacial score (nSPS) is 11.0. The van der Waals surface area contributed by atoms with Crippen LogP contribution in [0.4, 0.5) is 0 Å². The zero-order chi connectivity index (χ0) is 19.1. The number of ether oxygens (including phenoxy) is 1. The van der Waals surface area contributed by atoms with Crippen molar-refractivity contribution in [3.8, 4) is 11.5 Å². The highest BCUT2D eigenvalue weighted by Crippen LogP contribution is 2.27. The molecule has 3 rings (SSSR count). The first-order chi connectivity index (χ1) is 13.2. The van der Waals surface area contributed by atoms with Crippen LogP contribution in [0.5, 0.6) is 11.5 Å². The number of hydrogen-bond donors (Lipinski definition) is 2. The van der Waals surface area contributed by atoms with Crippen LogP contribution in [-0.2, 0) is 4.79 Å². The van der Waals surface area contributed by atoms with Crippen LogP contribution in [0.2, 0.25) is 0 Å². The van der Waals surface area contributed by atoms with E-state index < -0.39 is 0 Å². The van der Waals surface area contributed by atoms with E-state index in [2.05, 4.69) is 15.5 Å². The van der Waals surface area contributed by atoms with Gasteiger partial charge in [0, 0.05) is 16.5 Å². The van der Waals surface area contributed by atoms with Crippen molar-refractivity contribution in [3.63, 3.8) is 0 Å². The number of hydrogen-bond acceptors (Lipinski definition) is 6. The Labute approximate surface area is 161 Å². The summed E-state index contributed by atoms with van der Waals surface area (Å²) in [5, 5.41) is 14.7. The molecule has 1 amide bonds. The molecule has 0 unspecified atom stereocenters. The van der Waals surface area contributed by atoms with Gasteiger partial charge in [0.25, 0.3) is 0 Å². The number of rotatable bonds is 7. The molecule has 2 N–H and O–H groups in total. The van der Waals surface area contributed by atoms with Gasteiger partial charge in [-0.05, 0) is 42.8 Å². The number of benzene rings is 2. The average molecular weight is 381 g/mol. The molecule has 0 aliphatic carbocycles. The van der Waals surface area contributed by atoms with Gasteiger partial charge in [-0.2, -0.15) is 5.10 Å². The van der Waals surface area contributed by atoms with Crippen molar-refractivity contribution in [2.75, 3.05) is 12.4 Å². The Balaban J connectivity index is 1.57. The summed E-state index contributed by atoms with van der Waals surface area (Å²) < 4.78 is 5.32. The van der Waals surface area contributed by atoms with Crippen molar-refractivity contribution in [2.45, 2.75) is 11.8 Å². The minimum Gasteiger partial charge on any atom is -0.504 e. The third-order valence-electron chi connectivity index (χ3n) is 3.64. The Morgan fingerprint density at radius 3 is 3.00 bits per heavy atom. The molecule has 0 saturated heterocycles. The topological polar surface area (TPSA) is 83.8 Å². The van der Waals surface area contributed by atoms with E-state index in [0.29, 0.717) is 17.9 Å². The van der Waals surface area contributed by atoms with E-state index in [4.69, 9.17) is 4.74 Å². The number of carbonyl (C=O) groups excluding carboxylic acids is 1. The first kappa shape index (κ1) is 18.7. The maximum Gasteiger partial charge on any atom is 0.250 e. The van der Waals surface area contributed by atoms with E-state index in [0.717, 1.165) is 15.8 Å². The molecule has 0 aliphatic rings. The fraction of sp³-hybridized carbons (Fsp3) is 0.150. The van der Waals surface area contributed by atoms with Crippen molar-refractivity contribution in [3.05, 3.63) is 60.3 Å². The monoisotopic (exact) mass is 381 g/mol. The minimum atomic E-state index is -0.215. The van der Waals surface area contributed by atoms with Gasteiger partial charge in [-0.1, -0.05) is 18.2 Å². The number of pyridine rings is 1. The minimum absolute atomic E-state index is 0.0677. The third-order valence-corrected chi connectivity index (χ3v) is 4.69. The summed E-state index contributed by atoms with van der Waals surface area (Å²) >= 11 is 1.41. The van der Waals surface area contributed by atoms with E-state index in [1.165, 1.54) is 24.0 Å². The van der Waals surface area contributed by atoms with E-state index in [1.807, 2.05) is 37.3 Å². The first-order valence-corrected chi connectivity index (χ1v) is 9.40. The number of fused-ring (bicyclic) bond motifs is 1. The number of nitrogens with zero attached hydrogens (tertiary/aromatic N) is 2. The molecule has 1 heterocycles. The zero-order valence-corrected chi connectivity index (χ0v) is 15.6. The molecular weight excluding hydrogens is 362 g/mol. The second-order valence-corrected chi connectivity index (χ2v) is 6.59. The molecule has 0 radical (unpaired) electrons. The molecule has 138 valence electrons. The van der Waals surface area contributed by atoms with Gasteiger partial charge >= 0.3 is 0 Å². The quantitative estimate of drug-likeness (QED) is 0.371. The number of para-hydroxylation sites is 1. The summed E-state index contributed by atoms with van der Waals surface area (Å²) in [4.78, 5) is 17.4. The second-order valence-electron chi connectivity index (χ2n) is 5.57. The van der Waals surface area contributed by atoms with Gasteiger partial charge in [-0.3, -0.25) is 9.78 Å². The predicted molar refractivity (Wildman–Crippen MR) is 107 cm³/mol. The molecule has 0 atom stereocenters. The van der Waals surface area contributed by atoms with Gasteiger partial charge in [0.2, 0.25) is 5.91 Å². The summed E-state index contributed by atoms with van der Waals surface area (Å²) in [6, 6.07) is 14.6. The molecule has 6 nitrogen and oxygen atoms in total. The van der Waals surface area contributed by atoms with Gasteiger partial charge in [-0.25, -0.2) is 5.43 Å². The van der Waals surface area contributed by atoms with Crippen molar-refractivity contribution < 1.29 is 14.6 Å². The molecule has 0 bridgehead atoms. The van der Waals surface area contributed by atoms with Crippen LogP contribution < -0.4 is 10.2 Å². The van der Waals surface area contributed by atoms with E-state index in [9.17, 15) is 9.90 Å². The number of phenols is 1. The van der Waals surface area contributed by atoms with Gasteiger partial charge in [0.05, 0.1) is 24.1 Å². The number of phenolic OH excluding ortho intramolecular Hbond substituents is 1. The average Bonchev–Trinajstić information content (AvgIpc) is 2.69. The van der Waals surface area contributed by atoms with Crippen LogP contribution in [0, 0.1) is 0 Å².